The van der Waals surface area contributed by atoms with Gasteiger partial charge in [-0.25, -0.2) is 0 Å². The summed E-state index contributed by atoms with van der Waals surface area (Å²) in [5.74, 6) is 2.93. The Labute approximate surface area is 65.9 Å². The minimum Gasteiger partial charge on any atom is -0.384 e. The van der Waals surface area contributed by atoms with E-state index in [0.29, 0.717) is 13.2 Å². The molecule has 1 aliphatic rings. The molecule has 1 rings (SSSR count). The highest BCUT2D eigenvalue weighted by atomic mass is 16.5. The first-order valence-corrected chi connectivity index (χ1v) is 3.52. The van der Waals surface area contributed by atoms with Crippen LogP contribution in [0.25, 0.3) is 0 Å². The van der Waals surface area contributed by atoms with Crippen LogP contribution in [-0.4, -0.2) is 41.9 Å². The number of aliphatic hydroxyl groups is 1. The molecule has 0 fully saturated rings. The molecule has 0 aliphatic carbocycles. The summed E-state index contributed by atoms with van der Waals surface area (Å²) in [6, 6.07) is 0. The molecule has 0 aromatic heterocycles. The largest absolute Gasteiger partial charge is 0.384 e. The van der Waals surface area contributed by atoms with Crippen LogP contribution < -0.4 is 0 Å². The van der Waals surface area contributed by atoms with Crippen LogP contribution in [0.5, 0.6) is 0 Å². The average molecular weight is 154 g/mol. The zero-order chi connectivity index (χ0) is 8.10. The standard InChI is InChI=1S/C8H12NO2/c1-11-7-8(10)6-9-4-2-3-5-9/h2-4,8,10H,6-7H2,1H3/q+1/t8-/m1/s1. The van der Waals surface area contributed by atoms with E-state index in [2.05, 4.69) is 5.87 Å². The summed E-state index contributed by atoms with van der Waals surface area (Å²) < 4.78 is 6.57. The topological polar surface area (TPSA) is 32.5 Å². The van der Waals surface area contributed by atoms with Crippen LogP contribution >= 0.6 is 0 Å². The first-order valence-electron chi connectivity index (χ1n) is 3.52. The number of methoxy groups -OCH3 is 1. The van der Waals surface area contributed by atoms with Gasteiger partial charge in [0.25, 0.3) is 0 Å². The molecular formula is C8H12NO2+. The Morgan fingerprint density at radius 2 is 2.55 bits per heavy atom. The van der Waals surface area contributed by atoms with E-state index in [1.165, 1.54) is 0 Å². The fraction of sp³-hybridized carbons (Fsp3) is 0.500. The van der Waals surface area contributed by atoms with E-state index in [9.17, 15) is 5.11 Å². The van der Waals surface area contributed by atoms with Crippen molar-refractivity contribution < 1.29 is 14.4 Å². The van der Waals surface area contributed by atoms with Crippen molar-refractivity contribution in [1.82, 2.24) is 0 Å². The molecule has 0 aromatic rings. The molecule has 0 amide bonds. The van der Waals surface area contributed by atoms with E-state index >= 15 is 0 Å². The summed E-state index contributed by atoms with van der Waals surface area (Å²) >= 11 is 0. The number of β-amino-alcohol motifs (C(OH)–C–C–N with tert-alkyl or cyclic N) is 1. The molecule has 0 unspecified atom stereocenters. The van der Waals surface area contributed by atoms with Gasteiger partial charge in [-0.15, -0.1) is 0 Å². The molecule has 0 saturated heterocycles. The second-order valence-corrected chi connectivity index (χ2v) is 2.40. The van der Waals surface area contributed by atoms with E-state index in [1.54, 1.807) is 17.8 Å². The highest BCUT2D eigenvalue weighted by Crippen LogP contribution is 1.90. The van der Waals surface area contributed by atoms with Crippen LogP contribution in [0.4, 0.5) is 0 Å². The van der Waals surface area contributed by atoms with E-state index in [0.717, 1.165) is 0 Å². The van der Waals surface area contributed by atoms with Crippen LogP contribution in [0.3, 0.4) is 0 Å². The number of rotatable bonds is 4. The molecule has 1 aliphatic heterocycles. The lowest BCUT2D eigenvalue weighted by Crippen LogP contribution is -2.24. The quantitative estimate of drug-likeness (QED) is 0.567. The lowest BCUT2D eigenvalue weighted by atomic mass is 10.4. The Kier molecular flexibility index (Phi) is 3.05. The third-order valence-corrected chi connectivity index (χ3v) is 1.37. The summed E-state index contributed by atoms with van der Waals surface area (Å²) in [6.07, 6.45) is 5.10. The Hall–Kier alpha value is -0.890. The number of hydrogen-bond acceptors (Lipinski definition) is 2. The lowest BCUT2D eigenvalue weighted by Gasteiger charge is -2.03. The van der Waals surface area contributed by atoms with Gasteiger partial charge < -0.3 is 9.84 Å². The van der Waals surface area contributed by atoms with Crippen molar-refractivity contribution in [2.24, 2.45) is 0 Å². The maximum atomic E-state index is 9.26. The highest BCUT2D eigenvalue weighted by Gasteiger charge is 2.11. The predicted molar refractivity (Wildman–Crippen MR) is 41.7 cm³/mol. The van der Waals surface area contributed by atoms with Gasteiger partial charge in [-0.3, -0.25) is 0 Å². The van der Waals surface area contributed by atoms with Gasteiger partial charge in [-0.2, -0.15) is 4.58 Å². The van der Waals surface area contributed by atoms with Crippen molar-refractivity contribution in [2.45, 2.75) is 6.10 Å². The third-order valence-electron chi connectivity index (χ3n) is 1.37. The van der Waals surface area contributed by atoms with Crippen molar-refractivity contribution >= 4 is 5.87 Å². The molecule has 0 spiro atoms. The SMILES string of the molecule is COC[C@H](O)C[N+]1=C=CC=C1. The minimum absolute atomic E-state index is 0.367. The fourth-order valence-electron chi connectivity index (χ4n) is 0.914. The molecule has 0 aromatic carbocycles. The molecule has 3 nitrogen and oxygen atoms in total. The summed E-state index contributed by atoms with van der Waals surface area (Å²) in [4.78, 5) is 0. The van der Waals surface area contributed by atoms with Gasteiger partial charge >= 0.3 is 0 Å². The van der Waals surface area contributed by atoms with Gasteiger partial charge in [0.1, 0.15) is 6.10 Å². The summed E-state index contributed by atoms with van der Waals surface area (Å²) in [6.45, 7) is 0.910. The van der Waals surface area contributed by atoms with E-state index in [1.807, 2.05) is 12.3 Å². The van der Waals surface area contributed by atoms with E-state index in [4.69, 9.17) is 4.74 Å². The summed E-state index contributed by atoms with van der Waals surface area (Å²) in [7, 11) is 1.57. The molecule has 0 bridgehead atoms. The average Bonchev–Trinajstić information content (AvgIpc) is 2.40. The molecule has 1 N–H and O–H groups in total. The van der Waals surface area contributed by atoms with Gasteiger partial charge in [0.2, 0.25) is 0 Å². The van der Waals surface area contributed by atoms with Gasteiger partial charge in [0, 0.05) is 13.2 Å². The molecule has 0 radical (unpaired) electrons. The summed E-state index contributed by atoms with van der Waals surface area (Å²) in [5, 5.41) is 9.26. The van der Waals surface area contributed by atoms with Gasteiger partial charge in [-0.1, -0.05) is 0 Å². The molecule has 3 heteroatoms. The second kappa shape index (κ2) is 4.09. The molecule has 1 atom stereocenters. The normalized spacial score (nSPS) is 17.1. The Morgan fingerprint density at radius 3 is 3.09 bits per heavy atom. The Bertz CT molecular complexity index is 214. The zero-order valence-electron chi connectivity index (χ0n) is 6.53. The smallest absolute Gasteiger partial charge is 0.185 e. The number of hydrogen-bond donors (Lipinski definition) is 1. The van der Waals surface area contributed by atoms with Crippen LogP contribution in [0.1, 0.15) is 0 Å². The summed E-state index contributed by atoms with van der Waals surface area (Å²) in [5.41, 5.74) is 0. The van der Waals surface area contributed by atoms with Crippen LogP contribution in [-0.2, 0) is 4.74 Å². The fourth-order valence-corrected chi connectivity index (χ4v) is 0.914. The second-order valence-electron chi connectivity index (χ2n) is 2.40. The third kappa shape index (κ3) is 2.68. The first-order chi connectivity index (χ1) is 5.33. The van der Waals surface area contributed by atoms with Gasteiger partial charge in [0.15, 0.2) is 18.6 Å². The predicted octanol–water partition coefficient (Wildman–Crippen LogP) is -0.241. The van der Waals surface area contributed by atoms with Crippen molar-refractivity contribution in [3.63, 3.8) is 0 Å². The first kappa shape index (κ1) is 8.21. The Morgan fingerprint density at radius 1 is 1.73 bits per heavy atom. The van der Waals surface area contributed by atoms with Crippen molar-refractivity contribution in [3.8, 4) is 0 Å². The monoisotopic (exact) mass is 154 g/mol. The molecule has 11 heavy (non-hydrogen) atoms. The lowest BCUT2D eigenvalue weighted by molar-refractivity contribution is -0.460. The van der Waals surface area contributed by atoms with Crippen LogP contribution in [0, 0.1) is 0 Å². The molecule has 60 valence electrons. The minimum atomic E-state index is -0.441. The van der Waals surface area contributed by atoms with E-state index < -0.39 is 6.10 Å². The molecule has 0 saturated carbocycles. The van der Waals surface area contributed by atoms with Crippen molar-refractivity contribution in [1.29, 1.82) is 0 Å². The van der Waals surface area contributed by atoms with Gasteiger partial charge in [-0.05, 0) is 0 Å². The highest BCUT2D eigenvalue weighted by molar-refractivity contribution is 5.51. The van der Waals surface area contributed by atoms with Crippen molar-refractivity contribution in [2.75, 3.05) is 20.3 Å². The van der Waals surface area contributed by atoms with Crippen molar-refractivity contribution in [3.05, 3.63) is 18.4 Å². The molecule has 1 heterocycles. The maximum absolute atomic E-state index is 9.26. The maximum Gasteiger partial charge on any atom is 0.185 e. The zero-order valence-corrected chi connectivity index (χ0v) is 6.53. The van der Waals surface area contributed by atoms with Crippen LogP contribution in [0.2, 0.25) is 0 Å². The van der Waals surface area contributed by atoms with Crippen LogP contribution in [0.15, 0.2) is 18.4 Å². The number of nitrogens with zero attached hydrogens (tertiary/aromatic N) is 1. The number of aliphatic hydroxyl groups excluding tert-OH is 1. The van der Waals surface area contributed by atoms with E-state index in [-0.39, 0.29) is 0 Å². The van der Waals surface area contributed by atoms with Gasteiger partial charge in [0.05, 0.1) is 12.7 Å². The number of ether oxygens (including phenoxy) is 1. The molecular weight excluding hydrogens is 142 g/mol. The Balaban J connectivity index is 2.30. The number of allylic oxidation sites excluding steroid dienone is 2.